The zero-order chi connectivity index (χ0) is 12.2. The van der Waals surface area contributed by atoms with Crippen LogP contribution in [0.5, 0.6) is 0 Å². The molecule has 1 rings (SSSR count). The van der Waals surface area contributed by atoms with E-state index >= 15 is 0 Å². The number of thioether (sulfide) groups is 1. The minimum Gasteiger partial charge on any atom is -0.383 e. The molecule has 0 unspecified atom stereocenters. The summed E-state index contributed by atoms with van der Waals surface area (Å²) in [6, 6.07) is 4.94. The average Bonchev–Trinajstić information content (AvgIpc) is 2.17. The van der Waals surface area contributed by atoms with Gasteiger partial charge in [-0.15, -0.1) is 0 Å². The van der Waals surface area contributed by atoms with Crippen molar-refractivity contribution in [2.45, 2.75) is 5.51 Å². The predicted octanol–water partition coefficient (Wildman–Crippen LogP) is 4.66. The van der Waals surface area contributed by atoms with Gasteiger partial charge in [0.1, 0.15) is 0 Å². The number of rotatable bonds is 4. The molecule has 1 nitrogen and oxygen atoms in total. The summed E-state index contributed by atoms with van der Waals surface area (Å²) in [5.74, 6) is -0.0770. The van der Waals surface area contributed by atoms with Crippen LogP contribution in [0, 0.1) is 0 Å². The standard InChI is InChI=1S/C9H8Cl2F3NS/c10-6-2-1-3-7(8(6)11)15-4-5-16-9(12,13)14/h1-3,15H,4-5H2. The van der Waals surface area contributed by atoms with Crippen LogP contribution in [0.2, 0.25) is 10.0 Å². The molecular formula is C9H8Cl2F3NS. The van der Waals surface area contributed by atoms with E-state index in [0.29, 0.717) is 15.7 Å². The summed E-state index contributed by atoms with van der Waals surface area (Å²) in [6.45, 7) is 0.171. The van der Waals surface area contributed by atoms with Gasteiger partial charge in [0.25, 0.3) is 0 Å². The SMILES string of the molecule is FC(F)(F)SCCNc1cccc(Cl)c1Cl. The van der Waals surface area contributed by atoms with Crippen LogP contribution in [0.3, 0.4) is 0 Å². The lowest BCUT2D eigenvalue weighted by molar-refractivity contribution is -0.0327. The fourth-order valence-corrected chi connectivity index (χ4v) is 1.80. The molecule has 0 spiro atoms. The molecule has 0 aliphatic heterocycles. The number of nitrogens with one attached hydrogen (secondary N) is 1. The molecule has 16 heavy (non-hydrogen) atoms. The largest absolute Gasteiger partial charge is 0.441 e. The van der Waals surface area contributed by atoms with Gasteiger partial charge in [0.05, 0.1) is 15.7 Å². The van der Waals surface area contributed by atoms with E-state index in [1.54, 1.807) is 18.2 Å². The van der Waals surface area contributed by atoms with E-state index in [2.05, 4.69) is 5.32 Å². The Morgan fingerprint density at radius 1 is 1.25 bits per heavy atom. The van der Waals surface area contributed by atoms with Crippen LogP contribution in [0.15, 0.2) is 18.2 Å². The molecule has 0 saturated carbocycles. The van der Waals surface area contributed by atoms with E-state index in [4.69, 9.17) is 23.2 Å². The first-order valence-electron chi connectivity index (χ1n) is 4.29. The lowest BCUT2D eigenvalue weighted by Gasteiger charge is -2.09. The maximum atomic E-state index is 11.8. The van der Waals surface area contributed by atoms with Gasteiger partial charge in [-0.25, -0.2) is 0 Å². The van der Waals surface area contributed by atoms with Gasteiger partial charge in [0.2, 0.25) is 0 Å². The van der Waals surface area contributed by atoms with Crippen LogP contribution < -0.4 is 5.32 Å². The van der Waals surface area contributed by atoms with Crippen LogP contribution in [0.25, 0.3) is 0 Å². The summed E-state index contributed by atoms with van der Waals surface area (Å²) in [5.41, 5.74) is -3.66. The van der Waals surface area contributed by atoms with Crippen LogP contribution in [0.4, 0.5) is 18.9 Å². The van der Waals surface area contributed by atoms with Crippen molar-refractivity contribution >= 4 is 40.7 Å². The van der Waals surface area contributed by atoms with Crippen LogP contribution >= 0.6 is 35.0 Å². The Labute approximate surface area is 105 Å². The van der Waals surface area contributed by atoms with Gasteiger partial charge < -0.3 is 5.32 Å². The highest BCUT2D eigenvalue weighted by Gasteiger charge is 2.27. The zero-order valence-electron chi connectivity index (χ0n) is 7.94. The molecule has 0 radical (unpaired) electrons. The Morgan fingerprint density at radius 2 is 1.94 bits per heavy atom. The third kappa shape index (κ3) is 4.72. The number of benzene rings is 1. The third-order valence-electron chi connectivity index (χ3n) is 1.63. The molecule has 0 amide bonds. The number of alkyl halides is 3. The fourth-order valence-electron chi connectivity index (χ4n) is 0.993. The summed E-state index contributed by atoms with van der Waals surface area (Å²) in [5, 5.41) is 3.48. The number of anilines is 1. The second-order valence-corrected chi connectivity index (χ2v) is 4.77. The minimum absolute atomic E-state index is 0.0757. The summed E-state index contributed by atoms with van der Waals surface area (Å²) in [6.07, 6.45) is 0. The van der Waals surface area contributed by atoms with Gasteiger partial charge in [-0.3, -0.25) is 0 Å². The van der Waals surface area contributed by atoms with Crippen molar-refractivity contribution < 1.29 is 13.2 Å². The van der Waals surface area contributed by atoms with E-state index in [1.807, 2.05) is 0 Å². The molecule has 0 saturated heterocycles. The van der Waals surface area contributed by atoms with Crippen LogP contribution in [-0.4, -0.2) is 17.8 Å². The van der Waals surface area contributed by atoms with Crippen molar-refractivity contribution in [3.8, 4) is 0 Å². The lowest BCUT2D eigenvalue weighted by Crippen LogP contribution is -2.09. The molecule has 0 heterocycles. The molecule has 1 aromatic rings. The molecule has 0 aliphatic rings. The van der Waals surface area contributed by atoms with E-state index in [9.17, 15) is 13.2 Å². The van der Waals surface area contributed by atoms with Gasteiger partial charge >= 0.3 is 5.51 Å². The molecule has 1 aromatic carbocycles. The maximum Gasteiger partial charge on any atom is 0.441 e. The smallest absolute Gasteiger partial charge is 0.383 e. The van der Waals surface area contributed by atoms with E-state index in [-0.39, 0.29) is 24.1 Å². The summed E-state index contributed by atoms with van der Waals surface area (Å²) < 4.78 is 35.4. The van der Waals surface area contributed by atoms with Crippen molar-refractivity contribution in [3.63, 3.8) is 0 Å². The Balaban J connectivity index is 2.41. The first kappa shape index (κ1) is 13.8. The zero-order valence-corrected chi connectivity index (χ0v) is 10.3. The Bertz CT molecular complexity index is 357. The molecule has 0 bridgehead atoms. The monoisotopic (exact) mass is 289 g/mol. The summed E-state index contributed by atoms with van der Waals surface area (Å²) >= 11 is 11.5. The minimum atomic E-state index is -4.19. The first-order chi connectivity index (χ1) is 7.40. The third-order valence-corrected chi connectivity index (χ3v) is 3.19. The van der Waals surface area contributed by atoms with E-state index in [1.165, 1.54) is 0 Å². The van der Waals surface area contributed by atoms with Crippen molar-refractivity contribution in [1.82, 2.24) is 0 Å². The highest BCUT2D eigenvalue weighted by Crippen LogP contribution is 2.31. The van der Waals surface area contributed by atoms with Gasteiger partial charge in [0.15, 0.2) is 0 Å². The molecular weight excluding hydrogens is 282 g/mol. The molecule has 0 aromatic heterocycles. The van der Waals surface area contributed by atoms with Crippen LogP contribution in [-0.2, 0) is 0 Å². The first-order valence-corrected chi connectivity index (χ1v) is 6.03. The lowest BCUT2D eigenvalue weighted by atomic mass is 10.3. The van der Waals surface area contributed by atoms with Gasteiger partial charge in [-0.05, 0) is 23.9 Å². The Kier molecular flexibility index (Phi) is 5.08. The molecule has 0 fully saturated rings. The number of halogens is 5. The van der Waals surface area contributed by atoms with Gasteiger partial charge in [-0.1, -0.05) is 29.3 Å². The Morgan fingerprint density at radius 3 is 2.56 bits per heavy atom. The maximum absolute atomic E-state index is 11.8. The van der Waals surface area contributed by atoms with E-state index in [0.717, 1.165) is 0 Å². The molecule has 1 N–H and O–H groups in total. The number of hydrogen-bond donors (Lipinski definition) is 1. The van der Waals surface area contributed by atoms with Crippen molar-refractivity contribution in [2.24, 2.45) is 0 Å². The normalized spacial score (nSPS) is 11.6. The molecule has 0 aliphatic carbocycles. The second kappa shape index (κ2) is 5.89. The molecule has 7 heteroatoms. The number of hydrogen-bond acceptors (Lipinski definition) is 2. The van der Waals surface area contributed by atoms with Crippen molar-refractivity contribution in [1.29, 1.82) is 0 Å². The quantitative estimate of drug-likeness (QED) is 0.809. The van der Waals surface area contributed by atoms with Crippen molar-refractivity contribution in [2.75, 3.05) is 17.6 Å². The Hall–Kier alpha value is -0.260. The van der Waals surface area contributed by atoms with Gasteiger partial charge in [-0.2, -0.15) is 13.2 Å². The predicted molar refractivity (Wildman–Crippen MR) is 63.5 cm³/mol. The molecule has 0 atom stereocenters. The van der Waals surface area contributed by atoms with Crippen molar-refractivity contribution in [3.05, 3.63) is 28.2 Å². The average molecular weight is 290 g/mol. The topological polar surface area (TPSA) is 12.0 Å². The summed E-state index contributed by atoms with van der Waals surface area (Å²) in [7, 11) is 0. The van der Waals surface area contributed by atoms with Crippen LogP contribution in [0.1, 0.15) is 0 Å². The second-order valence-electron chi connectivity index (χ2n) is 2.82. The highest BCUT2D eigenvalue weighted by atomic mass is 35.5. The fraction of sp³-hybridized carbons (Fsp3) is 0.333. The highest BCUT2D eigenvalue weighted by molar-refractivity contribution is 8.00. The summed E-state index contributed by atoms with van der Waals surface area (Å²) in [4.78, 5) is 0. The van der Waals surface area contributed by atoms with E-state index < -0.39 is 5.51 Å². The van der Waals surface area contributed by atoms with Gasteiger partial charge in [0, 0.05) is 12.3 Å². The molecule has 90 valence electrons.